The first-order chi connectivity index (χ1) is 15.9. The molecular formula is C27H26N2O4. The van der Waals surface area contributed by atoms with Crippen LogP contribution < -0.4 is 4.74 Å². The molecule has 0 spiro atoms. The summed E-state index contributed by atoms with van der Waals surface area (Å²) < 4.78 is 6.01. The second kappa shape index (κ2) is 9.61. The van der Waals surface area contributed by atoms with Gasteiger partial charge < -0.3 is 20.1 Å². The summed E-state index contributed by atoms with van der Waals surface area (Å²) in [6.45, 7) is 3.88. The monoisotopic (exact) mass is 442 g/mol. The van der Waals surface area contributed by atoms with Gasteiger partial charge in [-0.1, -0.05) is 36.4 Å². The highest BCUT2D eigenvalue weighted by atomic mass is 16.5. The molecule has 0 aromatic heterocycles. The summed E-state index contributed by atoms with van der Waals surface area (Å²) in [4.78, 5) is 0. The Morgan fingerprint density at radius 2 is 1.48 bits per heavy atom. The average Bonchev–Trinajstić information content (AvgIpc) is 2.81. The number of fused-ring (bicyclic) bond motifs is 1. The molecule has 0 bridgehead atoms. The van der Waals surface area contributed by atoms with Gasteiger partial charge in [0.15, 0.2) is 5.75 Å². The standard InChI is InChI=1S/C27H26N2O4/c1-17(2)33-27-23-6-4-3-5-22(23)26(32)16-24(27)29-28-20-11-8-18(9-12-20)7-10-19-15-21(30)13-14-25(19)31/h3-6,8-9,11-17,30-32H,7,10H2,1-2H3. The van der Waals surface area contributed by atoms with Gasteiger partial charge >= 0.3 is 0 Å². The van der Waals surface area contributed by atoms with Crippen molar-refractivity contribution in [2.24, 2.45) is 10.2 Å². The zero-order valence-corrected chi connectivity index (χ0v) is 18.6. The van der Waals surface area contributed by atoms with Crippen LogP contribution in [0.2, 0.25) is 0 Å². The Balaban J connectivity index is 1.54. The van der Waals surface area contributed by atoms with E-state index < -0.39 is 0 Å². The van der Waals surface area contributed by atoms with Crippen molar-refractivity contribution in [2.75, 3.05) is 0 Å². The van der Waals surface area contributed by atoms with Crippen LogP contribution in [0.1, 0.15) is 25.0 Å². The Hall–Kier alpha value is -4.06. The van der Waals surface area contributed by atoms with Crippen molar-refractivity contribution >= 4 is 22.1 Å². The lowest BCUT2D eigenvalue weighted by molar-refractivity contribution is 0.246. The van der Waals surface area contributed by atoms with Crippen molar-refractivity contribution in [1.82, 2.24) is 0 Å². The maximum Gasteiger partial charge on any atom is 0.155 e. The highest BCUT2D eigenvalue weighted by Gasteiger charge is 2.14. The maximum absolute atomic E-state index is 10.4. The van der Waals surface area contributed by atoms with Crippen molar-refractivity contribution in [3.63, 3.8) is 0 Å². The first-order valence-electron chi connectivity index (χ1n) is 10.8. The normalized spacial score (nSPS) is 11.5. The predicted octanol–water partition coefficient (Wildman–Crippen LogP) is 6.94. The van der Waals surface area contributed by atoms with Gasteiger partial charge in [-0.05, 0) is 68.1 Å². The van der Waals surface area contributed by atoms with Gasteiger partial charge in [0.25, 0.3) is 0 Å². The second-order valence-electron chi connectivity index (χ2n) is 8.14. The van der Waals surface area contributed by atoms with Crippen molar-refractivity contribution in [3.05, 3.63) is 83.9 Å². The molecule has 0 aliphatic carbocycles. The Kier molecular flexibility index (Phi) is 6.45. The molecule has 0 aliphatic heterocycles. The lowest BCUT2D eigenvalue weighted by Gasteiger charge is -2.15. The van der Waals surface area contributed by atoms with Crippen molar-refractivity contribution in [3.8, 4) is 23.0 Å². The molecule has 0 radical (unpaired) electrons. The number of hydrogen-bond donors (Lipinski definition) is 3. The smallest absolute Gasteiger partial charge is 0.155 e. The lowest BCUT2D eigenvalue weighted by atomic mass is 10.0. The molecule has 0 atom stereocenters. The molecule has 0 fully saturated rings. The number of phenols is 3. The summed E-state index contributed by atoms with van der Waals surface area (Å²) in [6, 6.07) is 21.2. The molecular weight excluding hydrogens is 416 g/mol. The zero-order valence-electron chi connectivity index (χ0n) is 18.6. The minimum Gasteiger partial charge on any atom is -0.508 e. The number of phenolic OH excluding ortho intramolecular Hbond substituents is 3. The number of benzene rings is 4. The van der Waals surface area contributed by atoms with Crippen LogP contribution in [0.4, 0.5) is 11.4 Å². The van der Waals surface area contributed by atoms with Gasteiger partial charge in [-0.2, -0.15) is 5.11 Å². The molecule has 0 saturated heterocycles. The third-order valence-electron chi connectivity index (χ3n) is 5.26. The van der Waals surface area contributed by atoms with Crippen molar-refractivity contribution in [1.29, 1.82) is 0 Å². The number of rotatable bonds is 7. The van der Waals surface area contributed by atoms with E-state index in [1.165, 1.54) is 12.1 Å². The van der Waals surface area contributed by atoms with E-state index >= 15 is 0 Å². The van der Waals surface area contributed by atoms with Crippen LogP contribution in [0.5, 0.6) is 23.0 Å². The lowest BCUT2D eigenvalue weighted by Crippen LogP contribution is -2.06. The fourth-order valence-corrected chi connectivity index (χ4v) is 3.64. The minimum absolute atomic E-state index is 0.0582. The molecule has 0 unspecified atom stereocenters. The van der Waals surface area contributed by atoms with Gasteiger partial charge in [0.05, 0.1) is 11.8 Å². The summed E-state index contributed by atoms with van der Waals surface area (Å²) in [5.74, 6) is 1.03. The highest BCUT2D eigenvalue weighted by molar-refractivity contribution is 5.97. The van der Waals surface area contributed by atoms with Crippen molar-refractivity contribution in [2.45, 2.75) is 32.8 Å². The number of azo groups is 1. The number of aromatic hydroxyl groups is 3. The minimum atomic E-state index is -0.0582. The quantitative estimate of drug-likeness (QED) is 0.213. The van der Waals surface area contributed by atoms with Crippen LogP contribution in [0.15, 0.2) is 83.0 Å². The SMILES string of the molecule is CC(C)Oc1c(N=Nc2ccc(CCc3cc(O)ccc3O)cc2)cc(O)c2ccccc12. The largest absolute Gasteiger partial charge is 0.508 e. The first-order valence-corrected chi connectivity index (χ1v) is 10.8. The number of hydrogen-bond acceptors (Lipinski definition) is 6. The van der Waals surface area contributed by atoms with Crippen LogP contribution in [0.3, 0.4) is 0 Å². The Labute approximate surface area is 192 Å². The highest BCUT2D eigenvalue weighted by Crippen LogP contribution is 2.42. The fraction of sp³-hybridized carbons (Fsp3) is 0.185. The van der Waals surface area contributed by atoms with E-state index in [4.69, 9.17) is 4.74 Å². The van der Waals surface area contributed by atoms with Gasteiger partial charge in [-0.15, -0.1) is 5.11 Å². The number of aryl methyl sites for hydroxylation is 2. The van der Waals surface area contributed by atoms with E-state index in [1.54, 1.807) is 12.1 Å². The summed E-state index contributed by atoms with van der Waals surface area (Å²) >= 11 is 0. The second-order valence-corrected chi connectivity index (χ2v) is 8.14. The summed E-state index contributed by atoms with van der Waals surface area (Å²) in [5, 5.41) is 40.2. The van der Waals surface area contributed by atoms with Gasteiger partial charge in [0, 0.05) is 16.8 Å². The maximum atomic E-state index is 10.4. The predicted molar refractivity (Wildman–Crippen MR) is 129 cm³/mol. The molecule has 6 heteroatoms. The molecule has 168 valence electrons. The first kappa shape index (κ1) is 22.1. The summed E-state index contributed by atoms with van der Waals surface area (Å²) in [7, 11) is 0. The molecule has 0 aliphatic rings. The van der Waals surface area contributed by atoms with E-state index in [9.17, 15) is 15.3 Å². The third-order valence-corrected chi connectivity index (χ3v) is 5.26. The summed E-state index contributed by atoms with van der Waals surface area (Å²) in [5.41, 5.74) is 2.90. The van der Waals surface area contributed by atoms with E-state index in [-0.39, 0.29) is 23.4 Å². The molecule has 0 amide bonds. The van der Waals surface area contributed by atoms with E-state index in [0.29, 0.717) is 40.9 Å². The molecule has 3 N–H and O–H groups in total. The zero-order chi connectivity index (χ0) is 23.4. The van der Waals surface area contributed by atoms with Crippen LogP contribution in [0, 0.1) is 0 Å². The van der Waals surface area contributed by atoms with Crippen LogP contribution in [-0.4, -0.2) is 21.4 Å². The van der Waals surface area contributed by atoms with Crippen LogP contribution >= 0.6 is 0 Å². The van der Waals surface area contributed by atoms with Gasteiger partial charge in [0.1, 0.15) is 22.9 Å². The van der Waals surface area contributed by atoms with E-state index in [1.807, 2.05) is 62.4 Å². The molecule has 6 nitrogen and oxygen atoms in total. The number of ether oxygens (including phenoxy) is 1. The Morgan fingerprint density at radius 3 is 2.21 bits per heavy atom. The van der Waals surface area contributed by atoms with E-state index in [2.05, 4.69) is 10.2 Å². The van der Waals surface area contributed by atoms with Gasteiger partial charge in [-0.25, -0.2) is 0 Å². The average molecular weight is 443 g/mol. The van der Waals surface area contributed by atoms with Crippen molar-refractivity contribution < 1.29 is 20.1 Å². The molecule has 4 aromatic rings. The molecule has 0 saturated carbocycles. The topological polar surface area (TPSA) is 94.6 Å². The Bertz CT molecular complexity index is 1300. The van der Waals surface area contributed by atoms with Crippen LogP contribution in [-0.2, 0) is 12.8 Å². The third kappa shape index (κ3) is 5.23. The molecule has 0 heterocycles. The number of nitrogens with zero attached hydrogens (tertiary/aromatic N) is 2. The Morgan fingerprint density at radius 1 is 0.758 bits per heavy atom. The van der Waals surface area contributed by atoms with Gasteiger partial charge in [-0.3, -0.25) is 0 Å². The summed E-state index contributed by atoms with van der Waals surface area (Å²) in [6.07, 6.45) is 1.25. The molecule has 4 rings (SSSR count). The van der Waals surface area contributed by atoms with E-state index in [0.717, 1.165) is 10.9 Å². The molecule has 33 heavy (non-hydrogen) atoms. The molecule has 4 aromatic carbocycles. The van der Waals surface area contributed by atoms with Crippen LogP contribution in [0.25, 0.3) is 10.8 Å². The fourth-order valence-electron chi connectivity index (χ4n) is 3.64. The van der Waals surface area contributed by atoms with Gasteiger partial charge in [0.2, 0.25) is 0 Å².